The van der Waals surface area contributed by atoms with Crippen molar-refractivity contribution in [3.8, 4) is 5.75 Å². The molecule has 0 spiro atoms. The summed E-state index contributed by atoms with van der Waals surface area (Å²) in [6, 6.07) is 3.87. The summed E-state index contributed by atoms with van der Waals surface area (Å²) < 4.78 is 10.4. The molecule has 1 aromatic rings. The summed E-state index contributed by atoms with van der Waals surface area (Å²) in [5.41, 5.74) is 3.27. The number of carbonyl (C=O) groups excluding carboxylic acids is 2. The Morgan fingerprint density at radius 2 is 1.62 bits per heavy atom. The van der Waals surface area contributed by atoms with Gasteiger partial charge in [-0.15, -0.1) is 0 Å². The van der Waals surface area contributed by atoms with Crippen LogP contribution in [-0.2, 0) is 4.74 Å². The van der Waals surface area contributed by atoms with Crippen LogP contribution in [0, 0.1) is 20.8 Å². The van der Waals surface area contributed by atoms with Crippen molar-refractivity contribution in [2.45, 2.75) is 20.8 Å². The van der Waals surface area contributed by atoms with Crippen LogP contribution in [0.25, 0.3) is 0 Å². The molecule has 2 rings (SSSR count). The molecule has 0 radical (unpaired) electrons. The molecule has 1 saturated heterocycles. The van der Waals surface area contributed by atoms with Crippen LogP contribution in [0.1, 0.15) is 16.7 Å². The maximum atomic E-state index is 12.2. The third kappa shape index (κ3) is 4.10. The van der Waals surface area contributed by atoms with Gasteiger partial charge in [-0.1, -0.05) is 12.1 Å². The van der Waals surface area contributed by atoms with E-state index in [-0.39, 0.29) is 18.9 Å². The highest BCUT2D eigenvalue weighted by Crippen LogP contribution is 2.25. The number of carbonyl (C=O) groups is 2. The van der Waals surface area contributed by atoms with Crippen molar-refractivity contribution in [2.75, 3.05) is 40.0 Å². The zero-order valence-electron chi connectivity index (χ0n) is 14.7. The maximum Gasteiger partial charge on any atom is 0.409 e. The highest BCUT2D eigenvalue weighted by atomic mass is 16.5. The Morgan fingerprint density at radius 1 is 1.04 bits per heavy atom. The number of hydrogen-bond acceptors (Lipinski definition) is 4. The summed E-state index contributed by atoms with van der Waals surface area (Å²) in [5.74, 6) is 0.811. The lowest BCUT2D eigenvalue weighted by Gasteiger charge is -2.33. The molecule has 1 heterocycles. The van der Waals surface area contributed by atoms with Crippen LogP contribution in [-0.4, -0.2) is 61.9 Å². The van der Waals surface area contributed by atoms with Gasteiger partial charge in [0, 0.05) is 26.2 Å². The van der Waals surface area contributed by atoms with E-state index >= 15 is 0 Å². The first-order chi connectivity index (χ1) is 11.4. The van der Waals surface area contributed by atoms with Crippen molar-refractivity contribution in [1.82, 2.24) is 15.1 Å². The van der Waals surface area contributed by atoms with Crippen molar-refractivity contribution in [1.29, 1.82) is 0 Å². The molecule has 0 atom stereocenters. The summed E-state index contributed by atoms with van der Waals surface area (Å²) in [5, 5.41) is 2.76. The first-order valence-corrected chi connectivity index (χ1v) is 7.99. The Balaban J connectivity index is 1.81. The molecule has 1 aliphatic heterocycles. The van der Waals surface area contributed by atoms with Crippen LogP contribution in [0.2, 0.25) is 0 Å². The summed E-state index contributed by atoms with van der Waals surface area (Å²) in [6.07, 6.45) is -0.358. The highest BCUT2D eigenvalue weighted by Gasteiger charge is 2.24. The van der Waals surface area contributed by atoms with Crippen LogP contribution >= 0.6 is 0 Å². The van der Waals surface area contributed by atoms with Crippen molar-refractivity contribution in [3.05, 3.63) is 28.8 Å². The predicted octanol–water partition coefficient (Wildman–Crippen LogP) is 2.04. The van der Waals surface area contributed by atoms with E-state index in [4.69, 9.17) is 4.74 Å². The van der Waals surface area contributed by atoms with Gasteiger partial charge in [0.05, 0.1) is 7.11 Å². The van der Waals surface area contributed by atoms with Gasteiger partial charge in [0.25, 0.3) is 0 Å². The van der Waals surface area contributed by atoms with Crippen molar-refractivity contribution < 1.29 is 19.1 Å². The van der Waals surface area contributed by atoms with Crippen LogP contribution in [0.4, 0.5) is 9.59 Å². The van der Waals surface area contributed by atoms with E-state index in [1.165, 1.54) is 7.11 Å². The number of piperazine rings is 1. The Kier molecular flexibility index (Phi) is 5.89. The van der Waals surface area contributed by atoms with Crippen molar-refractivity contribution in [3.63, 3.8) is 0 Å². The summed E-state index contributed by atoms with van der Waals surface area (Å²) >= 11 is 0. The molecule has 132 valence electrons. The second kappa shape index (κ2) is 7.90. The number of amides is 3. The highest BCUT2D eigenvalue weighted by molar-refractivity contribution is 5.74. The van der Waals surface area contributed by atoms with Gasteiger partial charge in [0.15, 0.2) is 6.73 Å². The lowest BCUT2D eigenvalue weighted by molar-refractivity contribution is 0.0958. The lowest BCUT2D eigenvalue weighted by atomic mass is 10.1. The van der Waals surface area contributed by atoms with Gasteiger partial charge >= 0.3 is 12.1 Å². The second-order valence-electron chi connectivity index (χ2n) is 5.87. The van der Waals surface area contributed by atoms with Crippen LogP contribution < -0.4 is 10.1 Å². The monoisotopic (exact) mass is 335 g/mol. The topological polar surface area (TPSA) is 71.1 Å². The molecule has 0 aliphatic carbocycles. The smallest absolute Gasteiger partial charge is 0.409 e. The fourth-order valence-electron chi connectivity index (χ4n) is 2.65. The summed E-state index contributed by atoms with van der Waals surface area (Å²) in [7, 11) is 1.36. The van der Waals surface area contributed by atoms with Crippen LogP contribution in [0.5, 0.6) is 5.75 Å². The third-order valence-electron chi connectivity index (χ3n) is 4.31. The van der Waals surface area contributed by atoms with E-state index in [0.29, 0.717) is 26.2 Å². The molecule has 1 aromatic carbocycles. The van der Waals surface area contributed by atoms with E-state index in [9.17, 15) is 9.59 Å². The van der Waals surface area contributed by atoms with E-state index in [1.54, 1.807) is 9.80 Å². The predicted molar refractivity (Wildman–Crippen MR) is 90.2 cm³/mol. The Hall–Kier alpha value is -2.44. The van der Waals surface area contributed by atoms with Gasteiger partial charge in [-0.25, -0.2) is 9.59 Å². The number of rotatable bonds is 3. The lowest BCUT2D eigenvalue weighted by Crippen LogP contribution is -2.53. The summed E-state index contributed by atoms with van der Waals surface area (Å²) in [4.78, 5) is 26.8. The minimum atomic E-state index is -0.358. The maximum absolute atomic E-state index is 12.2. The number of hydrogen-bond donors (Lipinski definition) is 1. The first kappa shape index (κ1) is 17.9. The number of nitrogens with one attached hydrogen (secondary N) is 1. The molecule has 1 fully saturated rings. The molecule has 1 N–H and O–H groups in total. The van der Waals surface area contributed by atoms with Crippen LogP contribution in [0.3, 0.4) is 0 Å². The number of aryl methyl sites for hydroxylation is 2. The minimum absolute atomic E-state index is 0.112. The van der Waals surface area contributed by atoms with Gasteiger partial charge in [-0.3, -0.25) is 0 Å². The molecular formula is C17H25N3O4. The SMILES string of the molecule is COC(=O)N1CCN(C(=O)NCOc2c(C)ccc(C)c2C)CC1. The van der Waals surface area contributed by atoms with Gasteiger partial charge < -0.3 is 24.6 Å². The average molecular weight is 335 g/mol. The van der Waals surface area contributed by atoms with E-state index in [0.717, 1.165) is 22.4 Å². The molecule has 0 unspecified atom stereocenters. The number of urea groups is 1. The summed E-state index contributed by atoms with van der Waals surface area (Å²) in [6.45, 7) is 8.02. The quantitative estimate of drug-likeness (QED) is 0.858. The van der Waals surface area contributed by atoms with E-state index in [2.05, 4.69) is 16.1 Å². The fourth-order valence-corrected chi connectivity index (χ4v) is 2.65. The number of ether oxygens (including phenoxy) is 2. The zero-order valence-corrected chi connectivity index (χ0v) is 14.7. The van der Waals surface area contributed by atoms with Gasteiger partial charge in [-0.05, 0) is 37.5 Å². The molecule has 1 aliphatic rings. The molecule has 24 heavy (non-hydrogen) atoms. The Morgan fingerprint density at radius 3 is 2.25 bits per heavy atom. The molecule has 7 heteroatoms. The first-order valence-electron chi connectivity index (χ1n) is 7.99. The average Bonchev–Trinajstić information content (AvgIpc) is 2.60. The Labute approximate surface area is 142 Å². The van der Waals surface area contributed by atoms with E-state index in [1.807, 2.05) is 26.8 Å². The zero-order chi connectivity index (χ0) is 17.7. The second-order valence-corrected chi connectivity index (χ2v) is 5.87. The molecule has 0 saturated carbocycles. The molecular weight excluding hydrogens is 310 g/mol. The number of nitrogens with zero attached hydrogens (tertiary/aromatic N) is 2. The fraction of sp³-hybridized carbons (Fsp3) is 0.529. The molecule has 3 amide bonds. The number of benzene rings is 1. The molecule has 0 bridgehead atoms. The largest absolute Gasteiger partial charge is 0.473 e. The van der Waals surface area contributed by atoms with Gasteiger partial charge in [0.1, 0.15) is 5.75 Å². The minimum Gasteiger partial charge on any atom is -0.473 e. The number of methoxy groups -OCH3 is 1. The van der Waals surface area contributed by atoms with Gasteiger partial charge in [0.2, 0.25) is 0 Å². The molecule has 7 nitrogen and oxygen atoms in total. The standard InChI is InChI=1S/C17H25N3O4/c1-12-5-6-13(2)15(14(12)3)24-11-18-16(21)19-7-9-20(10-8-19)17(22)23-4/h5-6H,7-11H2,1-4H3,(H,18,21). The third-order valence-corrected chi connectivity index (χ3v) is 4.31. The van der Waals surface area contributed by atoms with Crippen molar-refractivity contribution >= 4 is 12.1 Å². The van der Waals surface area contributed by atoms with Crippen LogP contribution in [0.15, 0.2) is 12.1 Å². The van der Waals surface area contributed by atoms with Gasteiger partial charge in [-0.2, -0.15) is 0 Å². The normalized spacial score (nSPS) is 14.3. The van der Waals surface area contributed by atoms with Crippen molar-refractivity contribution in [2.24, 2.45) is 0 Å². The Bertz CT molecular complexity index is 610. The molecule has 0 aromatic heterocycles. The van der Waals surface area contributed by atoms with E-state index < -0.39 is 0 Å².